The zero-order chi connectivity index (χ0) is 66.9. The van der Waals surface area contributed by atoms with Crippen LogP contribution in [0.15, 0.2) is 286 Å². The summed E-state index contributed by atoms with van der Waals surface area (Å²) in [6.07, 6.45) is 10.6. The topological polar surface area (TPSA) is 71.7 Å². The lowest BCUT2D eigenvalue weighted by atomic mass is 9.67. The average molecular weight is 1270 g/mol. The number of allylic oxidation sites excluding steroid dienone is 4. The number of aryl methyl sites for hydroxylation is 2. The van der Waals surface area contributed by atoms with Gasteiger partial charge in [0.05, 0.1) is 22.2 Å². The van der Waals surface area contributed by atoms with E-state index < -0.39 is 5.41 Å². The molecule has 17 rings (SSSR count). The Morgan fingerprint density at radius 1 is 0.408 bits per heavy atom. The van der Waals surface area contributed by atoms with Crippen LogP contribution in [0, 0.1) is 13.8 Å². The van der Waals surface area contributed by atoms with Crippen molar-refractivity contribution in [2.75, 3.05) is 9.80 Å². The van der Waals surface area contributed by atoms with E-state index in [4.69, 9.17) is 23.2 Å². The van der Waals surface area contributed by atoms with Crippen LogP contribution < -0.4 is 9.80 Å². The molecule has 98 heavy (non-hydrogen) atoms. The third-order valence-corrected chi connectivity index (χ3v) is 20.3. The summed E-state index contributed by atoms with van der Waals surface area (Å²) >= 11 is 0. The van der Waals surface area contributed by atoms with Gasteiger partial charge in [0.15, 0.2) is 0 Å². The molecule has 0 bridgehead atoms. The molecule has 0 saturated carbocycles. The van der Waals surface area contributed by atoms with Gasteiger partial charge in [0, 0.05) is 83.9 Å². The maximum atomic E-state index is 7.71. The smallest absolute Gasteiger partial charge is 0.145 e. The van der Waals surface area contributed by atoms with E-state index in [1.165, 1.54) is 11.1 Å². The quantitative estimate of drug-likeness (QED) is 0.120. The van der Waals surface area contributed by atoms with Crippen LogP contribution in [0.5, 0.6) is 0 Å². The fraction of sp³-hybridized carbons (Fsp3) is 0.143. The molecule has 0 amide bonds. The Morgan fingerprint density at radius 3 is 1.36 bits per heavy atom. The molecule has 16 aromatic rings. The van der Waals surface area contributed by atoms with Crippen LogP contribution in [0.3, 0.4) is 0 Å². The third kappa shape index (κ3) is 9.38. The van der Waals surface area contributed by atoms with Crippen LogP contribution in [0.1, 0.15) is 94.3 Å². The Bertz CT molecular complexity index is 5950. The lowest BCUT2D eigenvalue weighted by molar-refractivity contribution is 0.590. The van der Waals surface area contributed by atoms with E-state index in [-0.39, 0.29) is 10.8 Å². The second-order valence-corrected chi connectivity index (χ2v) is 28.6. The largest absolute Gasteiger partial charge is 0.455 e. The minimum Gasteiger partial charge on any atom is -0.455 e. The fourth-order valence-electron chi connectivity index (χ4n) is 15.6. The first-order chi connectivity index (χ1) is 47.6. The van der Waals surface area contributed by atoms with Gasteiger partial charge >= 0.3 is 0 Å². The van der Waals surface area contributed by atoms with Gasteiger partial charge in [-0.2, -0.15) is 0 Å². The van der Waals surface area contributed by atoms with Gasteiger partial charge in [0.25, 0.3) is 0 Å². The summed E-state index contributed by atoms with van der Waals surface area (Å²) in [4.78, 5) is 16.1. The van der Waals surface area contributed by atoms with Crippen molar-refractivity contribution < 1.29 is 13.3 Å². The minimum atomic E-state index is -0.970. The molecule has 11 aromatic carbocycles. The lowest BCUT2D eigenvalue weighted by Crippen LogP contribution is -2.29. The second-order valence-electron chi connectivity index (χ2n) is 28.6. The summed E-state index contributed by atoms with van der Waals surface area (Å²) in [7, 11) is 0. The Kier molecular flexibility index (Phi) is 14.0. The van der Waals surface area contributed by atoms with Gasteiger partial charge < -0.3 is 13.3 Å². The number of nitrogens with zero attached hydrogens (tertiary/aromatic N) is 4. The number of anilines is 6. The van der Waals surface area contributed by atoms with E-state index in [0.29, 0.717) is 0 Å². The molecule has 1 unspecified atom stereocenters. The summed E-state index contributed by atoms with van der Waals surface area (Å²) in [6, 6.07) is 86.1. The molecule has 0 saturated heterocycles. The van der Waals surface area contributed by atoms with Crippen molar-refractivity contribution in [2.45, 2.75) is 85.5 Å². The van der Waals surface area contributed by atoms with Crippen molar-refractivity contribution in [3.63, 3.8) is 0 Å². The van der Waals surface area contributed by atoms with Crippen LogP contribution >= 0.6 is 0 Å². The number of fused-ring (bicyclic) bond motifs is 15. The number of aromatic nitrogens is 2. The maximum Gasteiger partial charge on any atom is 0.145 e. The highest BCUT2D eigenvalue weighted by Gasteiger charge is 2.50. The van der Waals surface area contributed by atoms with Gasteiger partial charge in [0.1, 0.15) is 45.1 Å². The first-order valence-electron chi connectivity index (χ1n) is 34.1. The summed E-state index contributed by atoms with van der Waals surface area (Å²) in [5, 5.41) is 8.33. The van der Waals surface area contributed by atoms with Gasteiger partial charge in [0.2, 0.25) is 0 Å². The monoisotopic (exact) mass is 1270 g/mol. The molecule has 0 aliphatic heterocycles. The van der Waals surface area contributed by atoms with Crippen molar-refractivity contribution in [1.29, 1.82) is 0 Å². The van der Waals surface area contributed by atoms with Crippen molar-refractivity contribution in [3.05, 3.63) is 312 Å². The summed E-state index contributed by atoms with van der Waals surface area (Å²) in [5.41, 5.74) is 22.4. The molecule has 7 heteroatoms. The number of furan rings is 3. The molecule has 0 fully saturated rings. The number of para-hydroxylation sites is 5. The highest BCUT2D eigenvalue weighted by molar-refractivity contribution is 6.23. The zero-order valence-electron chi connectivity index (χ0n) is 56.9. The van der Waals surface area contributed by atoms with E-state index in [1.807, 2.05) is 24.5 Å². The van der Waals surface area contributed by atoms with Crippen molar-refractivity contribution >= 4 is 111 Å². The Labute approximate surface area is 571 Å². The number of rotatable bonds is 11. The van der Waals surface area contributed by atoms with Gasteiger partial charge in [-0.25, -0.2) is 9.97 Å². The van der Waals surface area contributed by atoms with Gasteiger partial charge in [-0.05, 0) is 155 Å². The van der Waals surface area contributed by atoms with Crippen LogP contribution in [-0.4, -0.2) is 9.97 Å². The highest BCUT2D eigenvalue weighted by Crippen LogP contribution is 2.64. The molecule has 0 radical (unpaired) electrons. The van der Waals surface area contributed by atoms with Crippen molar-refractivity contribution in [3.8, 4) is 33.4 Å². The maximum absolute atomic E-state index is 7.71. The van der Waals surface area contributed by atoms with E-state index in [9.17, 15) is 0 Å². The first-order valence-corrected chi connectivity index (χ1v) is 34.1. The molecule has 1 atom stereocenters. The molecular formula is C91H74N4O3. The molecule has 0 N–H and O–H groups in total. The van der Waals surface area contributed by atoms with Crippen LogP contribution in [0.2, 0.25) is 0 Å². The Balaban J connectivity index is 1.02. The van der Waals surface area contributed by atoms with Gasteiger partial charge in [-0.15, -0.1) is 0 Å². The lowest BCUT2D eigenvalue weighted by Gasteiger charge is -2.36. The molecular weight excluding hydrogens is 1200 g/mol. The van der Waals surface area contributed by atoms with Crippen LogP contribution in [0.4, 0.5) is 34.4 Å². The van der Waals surface area contributed by atoms with Gasteiger partial charge in [-0.3, -0.25) is 9.80 Å². The van der Waals surface area contributed by atoms with Crippen molar-refractivity contribution in [1.82, 2.24) is 9.97 Å². The SMILES string of the molecule is C/C=C\C=C(/C)C1(c2ccccc2)c2cc(N(c3ccc(C(C)(C)C)cc3)c3ncc(C)cc3-c3cccc4c3oc3ccccc34)c3ccccc3c2-c2c1cc(N(c1ccc(C(C)(C)C)cc1)c1ncc(C)cc1-c1cccc3c1oc1ccccc13)c1c2oc2ccccc21. The van der Waals surface area contributed by atoms with Crippen molar-refractivity contribution in [2.24, 2.45) is 0 Å². The minimum absolute atomic E-state index is 0.0995. The first kappa shape index (κ1) is 60.1. The molecule has 1 aliphatic carbocycles. The fourth-order valence-corrected chi connectivity index (χ4v) is 15.6. The molecule has 476 valence electrons. The van der Waals surface area contributed by atoms with E-state index in [0.717, 1.165) is 178 Å². The standard InChI is InChI=1S/C91H74N4O3/c1-11-12-26-57(4)91(60-27-14-13-15-28-60)74-51-76(94(61-45-41-58(42-46-61)89(5,6)7)87-72(49-55(2)53-92-87)69-36-24-34-67-64-30-18-21-38-78(64)96-84(67)69)63-29-16-17-32-66(63)81(74)83-75(91)52-77(82-71-33-20-23-40-80(71)98-86(82)83)95(62-47-43-59(44-48-62)90(8,9)10)88-73(50-56(3)54-93-88)70-37-25-35-68-65-31-19-22-39-79(65)97-85(68)70/h11-54H,1-10H3/b12-11-,57-26+. The number of pyridine rings is 2. The Morgan fingerprint density at radius 2 is 0.837 bits per heavy atom. The normalized spacial score (nSPS) is 14.3. The van der Waals surface area contributed by atoms with E-state index in [1.54, 1.807) is 0 Å². The summed E-state index contributed by atoms with van der Waals surface area (Å²) in [5.74, 6) is 1.52. The summed E-state index contributed by atoms with van der Waals surface area (Å²) in [6.45, 7) is 22.3. The van der Waals surface area contributed by atoms with Crippen LogP contribution in [-0.2, 0) is 16.2 Å². The molecule has 5 heterocycles. The van der Waals surface area contributed by atoms with Crippen LogP contribution in [0.25, 0.3) is 110 Å². The second kappa shape index (κ2) is 22.8. The molecule has 7 nitrogen and oxygen atoms in total. The third-order valence-electron chi connectivity index (χ3n) is 20.3. The predicted octanol–water partition coefficient (Wildman–Crippen LogP) is 25.7. The zero-order valence-corrected chi connectivity index (χ0v) is 56.9. The Hall–Kier alpha value is -11.5. The number of hydrogen-bond acceptors (Lipinski definition) is 7. The van der Waals surface area contributed by atoms with E-state index in [2.05, 4.69) is 322 Å². The number of benzene rings is 11. The van der Waals surface area contributed by atoms with E-state index >= 15 is 0 Å². The number of hydrogen-bond donors (Lipinski definition) is 0. The molecule has 1 aliphatic rings. The predicted molar refractivity (Wildman–Crippen MR) is 409 cm³/mol. The highest BCUT2D eigenvalue weighted by atomic mass is 16.3. The summed E-state index contributed by atoms with van der Waals surface area (Å²) < 4.78 is 21.6. The molecule has 5 aromatic heterocycles. The van der Waals surface area contributed by atoms with Gasteiger partial charge in [-0.1, -0.05) is 235 Å². The molecule has 0 spiro atoms. The average Bonchev–Trinajstić information content (AvgIpc) is 1.50.